The van der Waals surface area contributed by atoms with Crippen molar-refractivity contribution in [3.63, 3.8) is 0 Å². The van der Waals surface area contributed by atoms with Crippen molar-refractivity contribution in [2.75, 3.05) is 0 Å². The quantitative estimate of drug-likeness (QED) is 0.794. The lowest BCUT2D eigenvalue weighted by Gasteiger charge is -2.22. The van der Waals surface area contributed by atoms with Crippen molar-refractivity contribution in [3.05, 3.63) is 65.5 Å². The second-order valence-corrected chi connectivity index (χ2v) is 8.52. The minimum Gasteiger partial charge on any atom is -0.349 e. The normalized spacial score (nSPS) is 15.4. The predicted molar refractivity (Wildman–Crippen MR) is 101 cm³/mol. The first-order chi connectivity index (χ1) is 13.0. The summed E-state index contributed by atoms with van der Waals surface area (Å²) < 4.78 is 41.1. The van der Waals surface area contributed by atoms with Gasteiger partial charge in [0.25, 0.3) is 5.91 Å². The molecule has 0 aromatic heterocycles. The Bertz CT molecular complexity index is 909. The molecule has 0 aliphatic heterocycles. The lowest BCUT2D eigenvalue weighted by atomic mass is 9.95. The highest BCUT2D eigenvalue weighted by atomic mass is 32.2. The number of sulfonamides is 1. The third kappa shape index (κ3) is 5.14. The van der Waals surface area contributed by atoms with Gasteiger partial charge in [0.1, 0.15) is 5.82 Å². The van der Waals surface area contributed by atoms with E-state index in [1.54, 1.807) is 18.2 Å². The van der Waals surface area contributed by atoms with Crippen molar-refractivity contribution in [1.29, 1.82) is 0 Å². The van der Waals surface area contributed by atoms with Crippen LogP contribution in [-0.2, 0) is 16.6 Å². The fourth-order valence-electron chi connectivity index (χ4n) is 3.22. The van der Waals surface area contributed by atoms with Crippen LogP contribution in [0.15, 0.2) is 53.4 Å². The van der Waals surface area contributed by atoms with Gasteiger partial charge in [-0.15, -0.1) is 0 Å². The van der Waals surface area contributed by atoms with Gasteiger partial charge in [0.15, 0.2) is 0 Å². The average Bonchev–Trinajstić information content (AvgIpc) is 2.68. The van der Waals surface area contributed by atoms with Crippen molar-refractivity contribution in [2.45, 2.75) is 49.6 Å². The van der Waals surface area contributed by atoms with E-state index >= 15 is 0 Å². The van der Waals surface area contributed by atoms with Crippen LogP contribution in [-0.4, -0.2) is 20.4 Å². The maximum atomic E-state index is 13.7. The second kappa shape index (κ2) is 8.63. The molecule has 0 bridgehead atoms. The van der Waals surface area contributed by atoms with Crippen molar-refractivity contribution < 1.29 is 17.6 Å². The maximum Gasteiger partial charge on any atom is 0.251 e. The summed E-state index contributed by atoms with van der Waals surface area (Å²) in [5.74, 6) is -0.742. The fourth-order valence-corrected chi connectivity index (χ4v) is 4.27. The van der Waals surface area contributed by atoms with Gasteiger partial charge < -0.3 is 5.32 Å². The molecular formula is C20H23FN2O3S. The van der Waals surface area contributed by atoms with Crippen molar-refractivity contribution >= 4 is 15.9 Å². The summed E-state index contributed by atoms with van der Waals surface area (Å²) in [7, 11) is -3.86. The Balaban J connectivity index is 1.69. The Morgan fingerprint density at radius 1 is 1.04 bits per heavy atom. The van der Waals surface area contributed by atoms with Gasteiger partial charge in [0.05, 0.1) is 4.90 Å². The van der Waals surface area contributed by atoms with E-state index in [9.17, 15) is 17.6 Å². The van der Waals surface area contributed by atoms with Gasteiger partial charge in [-0.3, -0.25) is 4.79 Å². The molecule has 1 fully saturated rings. The van der Waals surface area contributed by atoms with Crippen LogP contribution in [0.2, 0.25) is 0 Å². The zero-order valence-electron chi connectivity index (χ0n) is 14.9. The molecule has 1 amide bonds. The maximum absolute atomic E-state index is 13.7. The molecule has 2 aromatic carbocycles. The van der Waals surface area contributed by atoms with E-state index in [0.717, 1.165) is 25.7 Å². The zero-order valence-corrected chi connectivity index (χ0v) is 15.8. The summed E-state index contributed by atoms with van der Waals surface area (Å²) in [6, 6.07) is 12.0. The van der Waals surface area contributed by atoms with Crippen LogP contribution in [0.5, 0.6) is 0 Å². The molecule has 5 nitrogen and oxygen atoms in total. The first kappa shape index (κ1) is 19.5. The van der Waals surface area contributed by atoms with E-state index in [2.05, 4.69) is 10.0 Å². The molecular weight excluding hydrogens is 367 g/mol. The summed E-state index contributed by atoms with van der Waals surface area (Å²) >= 11 is 0. The van der Waals surface area contributed by atoms with Crippen LogP contribution in [0.1, 0.15) is 48.0 Å². The summed E-state index contributed by atoms with van der Waals surface area (Å²) in [5, 5.41) is 2.98. The van der Waals surface area contributed by atoms with Crippen LogP contribution in [0.4, 0.5) is 4.39 Å². The molecule has 0 radical (unpaired) electrons. The van der Waals surface area contributed by atoms with E-state index in [1.165, 1.54) is 36.8 Å². The summed E-state index contributed by atoms with van der Waals surface area (Å²) in [6.07, 6.45) is 5.29. The van der Waals surface area contributed by atoms with Gasteiger partial charge in [-0.05, 0) is 37.1 Å². The molecule has 2 N–H and O–H groups in total. The molecule has 0 heterocycles. The van der Waals surface area contributed by atoms with Gasteiger partial charge in [-0.2, -0.15) is 0 Å². The zero-order chi connectivity index (χ0) is 19.3. The third-order valence-corrected chi connectivity index (χ3v) is 6.16. The van der Waals surface area contributed by atoms with Gasteiger partial charge in [-0.1, -0.05) is 43.5 Å². The number of halogens is 1. The Morgan fingerprint density at radius 3 is 2.52 bits per heavy atom. The molecule has 27 heavy (non-hydrogen) atoms. The van der Waals surface area contributed by atoms with Gasteiger partial charge >= 0.3 is 0 Å². The van der Waals surface area contributed by atoms with Crippen LogP contribution >= 0.6 is 0 Å². The van der Waals surface area contributed by atoms with Gasteiger partial charge in [0.2, 0.25) is 10.0 Å². The fraction of sp³-hybridized carbons (Fsp3) is 0.350. The topological polar surface area (TPSA) is 75.3 Å². The van der Waals surface area contributed by atoms with Crippen LogP contribution < -0.4 is 10.0 Å². The second-order valence-electron chi connectivity index (χ2n) is 6.75. The molecule has 1 aliphatic carbocycles. The molecule has 144 valence electrons. The van der Waals surface area contributed by atoms with E-state index in [-0.39, 0.29) is 29.0 Å². The smallest absolute Gasteiger partial charge is 0.251 e. The largest absolute Gasteiger partial charge is 0.349 e. The number of benzene rings is 2. The number of nitrogens with one attached hydrogen (secondary N) is 2. The Kier molecular flexibility index (Phi) is 6.23. The standard InChI is InChI=1S/C20H23FN2O3S/c21-19-12-5-4-7-16(19)14-22-27(25,26)18-11-6-8-15(13-18)20(24)23-17-9-2-1-3-10-17/h4-8,11-13,17,22H,1-3,9-10,14H2,(H,23,24). The monoisotopic (exact) mass is 390 g/mol. The Hall–Kier alpha value is -2.25. The van der Waals surface area contributed by atoms with Crippen molar-refractivity contribution in [2.24, 2.45) is 0 Å². The number of carbonyl (C=O) groups is 1. The number of carbonyl (C=O) groups excluding carboxylic acids is 1. The van der Waals surface area contributed by atoms with Crippen molar-refractivity contribution in [3.8, 4) is 0 Å². The lowest BCUT2D eigenvalue weighted by molar-refractivity contribution is 0.0927. The third-order valence-electron chi connectivity index (χ3n) is 4.76. The molecule has 3 rings (SSSR count). The van der Waals surface area contributed by atoms with Crippen LogP contribution in [0, 0.1) is 5.82 Å². The minimum absolute atomic E-state index is 0.0184. The molecule has 1 saturated carbocycles. The highest BCUT2D eigenvalue weighted by Gasteiger charge is 2.19. The van der Waals surface area contributed by atoms with E-state index in [0.29, 0.717) is 5.56 Å². The molecule has 0 spiro atoms. The van der Waals surface area contributed by atoms with Crippen LogP contribution in [0.3, 0.4) is 0 Å². The number of hydrogen-bond acceptors (Lipinski definition) is 3. The van der Waals surface area contributed by atoms with E-state index in [1.807, 2.05) is 0 Å². The summed E-state index contributed by atoms with van der Waals surface area (Å²) in [5.41, 5.74) is 0.557. The lowest BCUT2D eigenvalue weighted by Crippen LogP contribution is -2.36. The molecule has 0 atom stereocenters. The minimum atomic E-state index is -3.86. The molecule has 1 aliphatic rings. The highest BCUT2D eigenvalue weighted by Crippen LogP contribution is 2.19. The first-order valence-corrected chi connectivity index (χ1v) is 10.6. The molecule has 0 unspecified atom stereocenters. The SMILES string of the molecule is O=C(NC1CCCCC1)c1cccc(S(=O)(=O)NCc2ccccc2F)c1. The van der Waals surface area contributed by atoms with E-state index in [4.69, 9.17) is 0 Å². The molecule has 0 saturated heterocycles. The predicted octanol–water partition coefficient (Wildman–Crippen LogP) is 3.37. The number of amides is 1. The average molecular weight is 390 g/mol. The highest BCUT2D eigenvalue weighted by molar-refractivity contribution is 7.89. The number of rotatable bonds is 6. The summed E-state index contributed by atoms with van der Waals surface area (Å²) in [4.78, 5) is 12.4. The van der Waals surface area contributed by atoms with Gasteiger partial charge in [-0.25, -0.2) is 17.5 Å². The van der Waals surface area contributed by atoms with E-state index < -0.39 is 15.8 Å². The van der Waals surface area contributed by atoms with Gasteiger partial charge in [0, 0.05) is 23.7 Å². The van der Waals surface area contributed by atoms with Crippen molar-refractivity contribution in [1.82, 2.24) is 10.0 Å². The number of hydrogen-bond donors (Lipinski definition) is 2. The molecule has 7 heteroatoms. The Labute approximate surface area is 159 Å². The first-order valence-electron chi connectivity index (χ1n) is 9.10. The molecule has 2 aromatic rings. The van der Waals surface area contributed by atoms with Crippen LogP contribution in [0.25, 0.3) is 0 Å². The Morgan fingerprint density at radius 2 is 1.78 bits per heavy atom. The summed E-state index contributed by atoms with van der Waals surface area (Å²) in [6.45, 7) is -0.159.